The van der Waals surface area contributed by atoms with Gasteiger partial charge in [-0.3, -0.25) is 9.36 Å². The first-order valence-electron chi connectivity index (χ1n) is 5.40. The van der Waals surface area contributed by atoms with Crippen molar-refractivity contribution in [3.05, 3.63) is 33.7 Å². The van der Waals surface area contributed by atoms with E-state index in [1.165, 1.54) is 17.4 Å². The summed E-state index contributed by atoms with van der Waals surface area (Å²) in [5.41, 5.74) is 0.721. The smallest absolute Gasteiger partial charge is 0.270 e. The number of nitrogens with zero attached hydrogens (tertiary/aromatic N) is 2. The monoisotopic (exact) mass is 218 g/mol. The molecule has 1 heterocycles. The van der Waals surface area contributed by atoms with Crippen LogP contribution in [0.5, 0.6) is 0 Å². The lowest BCUT2D eigenvalue weighted by Gasteiger charge is -2.10. The lowest BCUT2D eigenvalue weighted by molar-refractivity contribution is 0.0655. The van der Waals surface area contributed by atoms with Crippen molar-refractivity contribution >= 4 is 0 Å². The summed E-state index contributed by atoms with van der Waals surface area (Å²) in [6.07, 6.45) is 2.46. The Morgan fingerprint density at radius 3 is 2.94 bits per heavy atom. The van der Waals surface area contributed by atoms with Crippen LogP contribution in [0.1, 0.15) is 24.1 Å². The molecule has 0 amide bonds. The van der Waals surface area contributed by atoms with E-state index in [1.807, 2.05) is 13.0 Å². The van der Waals surface area contributed by atoms with Crippen LogP contribution in [-0.4, -0.2) is 11.2 Å². The number of hydrogen-bond donors (Lipinski definition) is 0. The number of aromatic nitrogens is 1. The van der Waals surface area contributed by atoms with Crippen LogP contribution in [-0.2, 0) is 11.5 Å². The zero-order chi connectivity index (χ0) is 11.5. The van der Waals surface area contributed by atoms with Gasteiger partial charge in [0.15, 0.2) is 0 Å². The molecule has 0 N–H and O–H groups in total. The maximum Gasteiger partial charge on any atom is 0.270 e. The third-order valence-electron chi connectivity index (χ3n) is 2.78. The molecule has 0 radical (unpaired) electrons. The zero-order valence-electron chi connectivity index (χ0n) is 9.27. The standard InChI is InChI=1S/C12H14N2O2/c1-9-2-5-11(6-13)12(15)14(9)8-16-7-10-3-4-10/h2,5,10H,3-4,7-8H2,1H3. The summed E-state index contributed by atoms with van der Waals surface area (Å²) in [6.45, 7) is 2.79. The number of rotatable bonds is 4. The van der Waals surface area contributed by atoms with Gasteiger partial charge in [-0.05, 0) is 37.8 Å². The molecule has 0 saturated heterocycles. The molecular formula is C12H14N2O2. The number of ether oxygens (including phenoxy) is 1. The van der Waals surface area contributed by atoms with Crippen LogP contribution in [0.25, 0.3) is 0 Å². The maximum atomic E-state index is 11.8. The highest BCUT2D eigenvalue weighted by Crippen LogP contribution is 2.28. The first-order valence-corrected chi connectivity index (χ1v) is 5.40. The molecule has 0 unspecified atom stereocenters. The molecule has 0 spiro atoms. The average Bonchev–Trinajstić information content (AvgIpc) is 3.07. The normalized spacial score (nSPS) is 14.8. The van der Waals surface area contributed by atoms with Crippen molar-refractivity contribution in [3.63, 3.8) is 0 Å². The van der Waals surface area contributed by atoms with E-state index in [9.17, 15) is 4.79 Å². The Labute approximate surface area is 94.1 Å². The molecule has 1 fully saturated rings. The Hall–Kier alpha value is -1.60. The Balaban J connectivity index is 2.11. The van der Waals surface area contributed by atoms with Crippen molar-refractivity contribution in [2.24, 2.45) is 5.92 Å². The van der Waals surface area contributed by atoms with Crippen molar-refractivity contribution in [1.29, 1.82) is 5.26 Å². The second-order valence-electron chi connectivity index (χ2n) is 4.18. The van der Waals surface area contributed by atoms with Gasteiger partial charge in [-0.25, -0.2) is 0 Å². The molecule has 1 aromatic heterocycles. The van der Waals surface area contributed by atoms with Crippen molar-refractivity contribution in [3.8, 4) is 6.07 Å². The van der Waals surface area contributed by atoms with Crippen LogP contribution in [0.4, 0.5) is 0 Å². The van der Waals surface area contributed by atoms with Crippen molar-refractivity contribution in [2.75, 3.05) is 6.61 Å². The Kier molecular flexibility index (Phi) is 3.07. The van der Waals surface area contributed by atoms with Crippen molar-refractivity contribution < 1.29 is 4.74 Å². The van der Waals surface area contributed by atoms with E-state index < -0.39 is 0 Å². The molecule has 0 aliphatic heterocycles. The van der Waals surface area contributed by atoms with Gasteiger partial charge >= 0.3 is 0 Å². The molecule has 2 rings (SSSR count). The van der Waals surface area contributed by atoms with E-state index in [-0.39, 0.29) is 17.9 Å². The Bertz CT molecular complexity index is 481. The minimum atomic E-state index is -0.265. The second-order valence-corrected chi connectivity index (χ2v) is 4.18. The first-order chi connectivity index (χ1) is 7.72. The molecular weight excluding hydrogens is 204 g/mol. The van der Waals surface area contributed by atoms with Crippen LogP contribution < -0.4 is 5.56 Å². The molecule has 4 heteroatoms. The van der Waals surface area contributed by atoms with E-state index in [0.29, 0.717) is 12.5 Å². The van der Waals surface area contributed by atoms with Gasteiger partial charge < -0.3 is 4.74 Å². The van der Waals surface area contributed by atoms with Gasteiger partial charge in [0.1, 0.15) is 18.4 Å². The van der Waals surface area contributed by atoms with Crippen LogP contribution in [0, 0.1) is 24.2 Å². The van der Waals surface area contributed by atoms with Crippen molar-refractivity contribution in [2.45, 2.75) is 26.5 Å². The van der Waals surface area contributed by atoms with E-state index in [1.54, 1.807) is 12.1 Å². The lowest BCUT2D eigenvalue weighted by Crippen LogP contribution is -2.25. The molecule has 1 aromatic rings. The largest absolute Gasteiger partial charge is 0.360 e. The van der Waals surface area contributed by atoms with Crippen LogP contribution in [0.3, 0.4) is 0 Å². The fourth-order valence-corrected chi connectivity index (χ4v) is 1.51. The minimum absolute atomic E-state index is 0.167. The highest BCUT2D eigenvalue weighted by molar-refractivity contribution is 5.27. The van der Waals surface area contributed by atoms with Crippen molar-refractivity contribution in [1.82, 2.24) is 4.57 Å². The summed E-state index contributed by atoms with van der Waals surface area (Å²) in [5.74, 6) is 0.676. The summed E-state index contributed by atoms with van der Waals surface area (Å²) in [5, 5.41) is 8.75. The van der Waals surface area contributed by atoms with E-state index in [4.69, 9.17) is 10.00 Å². The third kappa shape index (κ3) is 2.31. The van der Waals surface area contributed by atoms with Gasteiger partial charge in [0.2, 0.25) is 0 Å². The maximum absolute atomic E-state index is 11.8. The Morgan fingerprint density at radius 2 is 2.31 bits per heavy atom. The summed E-state index contributed by atoms with van der Waals surface area (Å²) in [4.78, 5) is 11.8. The highest BCUT2D eigenvalue weighted by atomic mass is 16.5. The predicted molar refractivity (Wildman–Crippen MR) is 58.8 cm³/mol. The van der Waals surface area contributed by atoms with Gasteiger partial charge in [0.05, 0.1) is 6.61 Å². The van der Waals surface area contributed by atoms with E-state index in [0.717, 1.165) is 5.69 Å². The summed E-state index contributed by atoms with van der Waals surface area (Å²) in [7, 11) is 0. The molecule has 0 bridgehead atoms. The summed E-state index contributed by atoms with van der Waals surface area (Å²) in [6, 6.07) is 5.20. The molecule has 1 aliphatic rings. The SMILES string of the molecule is Cc1ccc(C#N)c(=O)n1COCC1CC1. The molecule has 1 saturated carbocycles. The second kappa shape index (κ2) is 4.50. The van der Waals surface area contributed by atoms with Gasteiger partial charge in [-0.2, -0.15) is 5.26 Å². The third-order valence-corrected chi connectivity index (χ3v) is 2.78. The van der Waals surface area contributed by atoms with E-state index in [2.05, 4.69) is 0 Å². The van der Waals surface area contributed by atoms with E-state index >= 15 is 0 Å². The van der Waals surface area contributed by atoms with Crippen LogP contribution in [0.15, 0.2) is 16.9 Å². The van der Waals surface area contributed by atoms with Gasteiger partial charge in [-0.15, -0.1) is 0 Å². The predicted octanol–water partition coefficient (Wildman–Crippen LogP) is 1.41. The summed E-state index contributed by atoms with van der Waals surface area (Å²) >= 11 is 0. The molecule has 0 atom stereocenters. The lowest BCUT2D eigenvalue weighted by atomic mass is 10.2. The minimum Gasteiger partial charge on any atom is -0.360 e. The zero-order valence-corrected chi connectivity index (χ0v) is 9.27. The Morgan fingerprint density at radius 1 is 1.56 bits per heavy atom. The average molecular weight is 218 g/mol. The summed E-state index contributed by atoms with van der Waals surface area (Å²) < 4.78 is 6.96. The molecule has 0 aromatic carbocycles. The highest BCUT2D eigenvalue weighted by Gasteiger charge is 2.21. The van der Waals surface area contributed by atoms with Gasteiger partial charge in [0, 0.05) is 5.69 Å². The number of nitriles is 1. The number of hydrogen-bond acceptors (Lipinski definition) is 3. The van der Waals surface area contributed by atoms with Gasteiger partial charge in [0.25, 0.3) is 5.56 Å². The quantitative estimate of drug-likeness (QED) is 0.767. The number of aryl methyl sites for hydroxylation is 1. The molecule has 1 aliphatic carbocycles. The van der Waals surface area contributed by atoms with Gasteiger partial charge in [-0.1, -0.05) is 0 Å². The van der Waals surface area contributed by atoms with Crippen LogP contribution in [0.2, 0.25) is 0 Å². The fourth-order valence-electron chi connectivity index (χ4n) is 1.51. The molecule has 4 nitrogen and oxygen atoms in total. The molecule has 16 heavy (non-hydrogen) atoms. The topological polar surface area (TPSA) is 55.0 Å². The molecule has 84 valence electrons. The number of pyridine rings is 1. The van der Waals surface area contributed by atoms with Crippen LogP contribution >= 0.6 is 0 Å². The first kappa shape index (κ1) is 10.9. The fraction of sp³-hybridized carbons (Fsp3) is 0.500.